The van der Waals surface area contributed by atoms with Gasteiger partial charge in [-0.15, -0.1) is 0 Å². The SMILES string of the molecule is CN1CCC(CC(=O)CC2CCC(Nc3nccc(Nc4cc(C5CCCC5)[nH]n4)n3)CC2)CC1. The number of ketones is 1. The van der Waals surface area contributed by atoms with Gasteiger partial charge in [0.25, 0.3) is 0 Å². The summed E-state index contributed by atoms with van der Waals surface area (Å²) >= 11 is 0. The van der Waals surface area contributed by atoms with Crippen molar-refractivity contribution in [3.05, 3.63) is 24.0 Å². The zero-order chi connectivity index (χ0) is 24.0. The molecule has 1 aliphatic heterocycles. The number of aromatic amines is 1. The summed E-state index contributed by atoms with van der Waals surface area (Å²) in [5, 5.41) is 14.5. The van der Waals surface area contributed by atoms with Crippen LogP contribution in [-0.4, -0.2) is 57.0 Å². The molecule has 2 aromatic heterocycles. The van der Waals surface area contributed by atoms with Crippen molar-refractivity contribution in [1.82, 2.24) is 25.1 Å². The first-order chi connectivity index (χ1) is 17.1. The highest BCUT2D eigenvalue weighted by atomic mass is 16.1. The third-order valence-electron chi connectivity index (χ3n) is 8.36. The van der Waals surface area contributed by atoms with E-state index >= 15 is 0 Å². The molecule has 8 nitrogen and oxygen atoms in total. The zero-order valence-electron chi connectivity index (χ0n) is 21.1. The number of Topliss-reactive ketones (excluding diaryl/α,β-unsaturated/α-hetero) is 1. The summed E-state index contributed by atoms with van der Waals surface area (Å²) < 4.78 is 0. The molecule has 2 aliphatic carbocycles. The highest BCUT2D eigenvalue weighted by molar-refractivity contribution is 5.78. The van der Waals surface area contributed by atoms with Crippen molar-refractivity contribution in [3.8, 4) is 0 Å². The molecular formula is C27H41N7O. The van der Waals surface area contributed by atoms with Crippen LogP contribution in [0.15, 0.2) is 18.3 Å². The van der Waals surface area contributed by atoms with Gasteiger partial charge in [-0.1, -0.05) is 12.8 Å². The molecule has 0 amide bonds. The molecule has 8 heteroatoms. The Kier molecular flexibility index (Phi) is 7.96. The molecule has 0 spiro atoms. The molecule has 190 valence electrons. The minimum Gasteiger partial charge on any atom is -0.351 e. The monoisotopic (exact) mass is 479 g/mol. The second kappa shape index (κ2) is 11.5. The summed E-state index contributed by atoms with van der Waals surface area (Å²) in [6.45, 7) is 2.27. The highest BCUT2D eigenvalue weighted by Gasteiger charge is 2.26. The lowest BCUT2D eigenvalue weighted by Gasteiger charge is -2.30. The summed E-state index contributed by atoms with van der Waals surface area (Å²) in [4.78, 5) is 24.1. The standard InChI is InChI=1S/C27H41N7O/c1-34-14-11-20(12-15-34)17-23(35)16-19-6-8-22(9-7-19)29-27-28-13-10-25(31-27)30-26-18-24(32-33-26)21-4-2-3-5-21/h10,13,18-22H,2-9,11-12,14-17H2,1H3,(H3,28,29,30,31,32,33). The minimum absolute atomic E-state index is 0.366. The number of rotatable bonds is 9. The molecular weight excluding hydrogens is 438 g/mol. The zero-order valence-corrected chi connectivity index (χ0v) is 21.1. The van der Waals surface area contributed by atoms with Gasteiger partial charge in [0.2, 0.25) is 5.95 Å². The van der Waals surface area contributed by atoms with Crippen LogP contribution in [0.5, 0.6) is 0 Å². The smallest absolute Gasteiger partial charge is 0.224 e. The van der Waals surface area contributed by atoms with Crippen molar-refractivity contribution in [2.75, 3.05) is 30.8 Å². The van der Waals surface area contributed by atoms with Crippen molar-refractivity contribution in [2.24, 2.45) is 11.8 Å². The van der Waals surface area contributed by atoms with Crippen LogP contribution in [0.25, 0.3) is 0 Å². The maximum Gasteiger partial charge on any atom is 0.224 e. The molecule has 0 radical (unpaired) electrons. The number of H-pyrrole nitrogens is 1. The summed E-state index contributed by atoms with van der Waals surface area (Å²) in [6.07, 6.45) is 15.1. The van der Waals surface area contributed by atoms with Gasteiger partial charge in [0.1, 0.15) is 11.6 Å². The lowest BCUT2D eigenvalue weighted by molar-refractivity contribution is -0.121. The van der Waals surface area contributed by atoms with Gasteiger partial charge >= 0.3 is 0 Å². The Morgan fingerprint density at radius 3 is 2.46 bits per heavy atom. The van der Waals surface area contributed by atoms with Crippen LogP contribution in [0, 0.1) is 11.8 Å². The molecule has 2 aromatic rings. The highest BCUT2D eigenvalue weighted by Crippen LogP contribution is 2.34. The second-order valence-corrected chi connectivity index (χ2v) is 11.1. The van der Waals surface area contributed by atoms with Crippen LogP contribution in [0.3, 0.4) is 0 Å². The lowest BCUT2D eigenvalue weighted by Crippen LogP contribution is -2.31. The van der Waals surface area contributed by atoms with E-state index in [0.29, 0.717) is 35.5 Å². The average Bonchev–Trinajstić information content (AvgIpc) is 3.55. The van der Waals surface area contributed by atoms with E-state index in [1.54, 1.807) is 6.20 Å². The Balaban J connectivity index is 1.05. The minimum atomic E-state index is 0.366. The normalized spacial score (nSPS) is 24.5. The van der Waals surface area contributed by atoms with Gasteiger partial charge in [-0.3, -0.25) is 9.89 Å². The van der Waals surface area contributed by atoms with Gasteiger partial charge in [-0.25, -0.2) is 4.98 Å². The molecule has 3 fully saturated rings. The van der Waals surface area contributed by atoms with Gasteiger partial charge < -0.3 is 15.5 Å². The van der Waals surface area contributed by atoms with Crippen LogP contribution in [-0.2, 0) is 4.79 Å². The maximum atomic E-state index is 12.6. The van der Waals surface area contributed by atoms with Crippen molar-refractivity contribution in [2.45, 2.75) is 89.0 Å². The van der Waals surface area contributed by atoms with Gasteiger partial charge in [0.15, 0.2) is 5.82 Å². The predicted octanol–water partition coefficient (Wildman–Crippen LogP) is 5.26. The van der Waals surface area contributed by atoms with Crippen LogP contribution < -0.4 is 10.6 Å². The Morgan fingerprint density at radius 1 is 1.00 bits per heavy atom. The van der Waals surface area contributed by atoms with E-state index in [1.165, 1.54) is 44.2 Å². The van der Waals surface area contributed by atoms with E-state index in [1.807, 2.05) is 6.07 Å². The first-order valence-corrected chi connectivity index (χ1v) is 13.7. The van der Waals surface area contributed by atoms with Crippen molar-refractivity contribution in [1.29, 1.82) is 0 Å². The van der Waals surface area contributed by atoms with E-state index in [-0.39, 0.29) is 0 Å². The number of aromatic nitrogens is 4. The number of carbonyl (C=O) groups is 1. The molecule has 1 saturated heterocycles. The molecule has 3 aliphatic rings. The fourth-order valence-corrected chi connectivity index (χ4v) is 6.16. The van der Waals surface area contributed by atoms with Crippen molar-refractivity contribution < 1.29 is 4.79 Å². The fourth-order valence-electron chi connectivity index (χ4n) is 6.16. The number of likely N-dealkylation sites (tertiary alicyclic amines) is 1. The van der Waals surface area contributed by atoms with Crippen LogP contribution in [0.4, 0.5) is 17.6 Å². The third-order valence-corrected chi connectivity index (χ3v) is 8.36. The second-order valence-electron chi connectivity index (χ2n) is 11.1. The lowest BCUT2D eigenvalue weighted by atomic mass is 9.81. The Morgan fingerprint density at radius 2 is 1.71 bits per heavy atom. The van der Waals surface area contributed by atoms with Crippen LogP contribution in [0.2, 0.25) is 0 Å². The molecule has 0 bridgehead atoms. The van der Waals surface area contributed by atoms with Gasteiger partial charge in [-0.05, 0) is 89.4 Å². The number of nitrogens with zero attached hydrogens (tertiary/aromatic N) is 4. The molecule has 35 heavy (non-hydrogen) atoms. The Labute approximate surface area is 209 Å². The molecule has 0 atom stereocenters. The number of carbonyl (C=O) groups excluding carboxylic acids is 1. The topological polar surface area (TPSA) is 98.8 Å². The molecule has 0 aromatic carbocycles. The molecule has 3 heterocycles. The third kappa shape index (κ3) is 6.81. The first-order valence-electron chi connectivity index (χ1n) is 13.7. The van der Waals surface area contributed by atoms with Gasteiger partial charge in [-0.2, -0.15) is 10.1 Å². The van der Waals surface area contributed by atoms with E-state index in [4.69, 9.17) is 0 Å². The van der Waals surface area contributed by atoms with Gasteiger partial charge in [0.05, 0.1) is 0 Å². The Bertz CT molecular complexity index is 954. The van der Waals surface area contributed by atoms with E-state index in [0.717, 1.165) is 63.3 Å². The number of anilines is 3. The molecule has 3 N–H and O–H groups in total. The average molecular weight is 480 g/mol. The molecule has 0 unspecified atom stereocenters. The summed E-state index contributed by atoms with van der Waals surface area (Å²) in [5.74, 6) is 4.44. The summed E-state index contributed by atoms with van der Waals surface area (Å²) in [6, 6.07) is 4.35. The van der Waals surface area contributed by atoms with E-state index < -0.39 is 0 Å². The fraction of sp³-hybridized carbons (Fsp3) is 0.704. The molecule has 2 saturated carbocycles. The quantitative estimate of drug-likeness (QED) is 0.451. The number of hydrogen-bond donors (Lipinski definition) is 3. The van der Waals surface area contributed by atoms with Crippen molar-refractivity contribution >= 4 is 23.4 Å². The Hall–Kier alpha value is -2.48. The van der Waals surface area contributed by atoms with Gasteiger partial charge in [0, 0.05) is 42.8 Å². The van der Waals surface area contributed by atoms with E-state index in [9.17, 15) is 4.79 Å². The largest absolute Gasteiger partial charge is 0.351 e. The van der Waals surface area contributed by atoms with Crippen molar-refractivity contribution in [3.63, 3.8) is 0 Å². The number of piperidine rings is 1. The van der Waals surface area contributed by atoms with E-state index in [2.05, 4.69) is 48.8 Å². The summed E-state index contributed by atoms with van der Waals surface area (Å²) in [7, 11) is 2.17. The van der Waals surface area contributed by atoms with Crippen LogP contribution in [0.1, 0.15) is 88.7 Å². The maximum absolute atomic E-state index is 12.6. The van der Waals surface area contributed by atoms with Crippen LogP contribution >= 0.6 is 0 Å². The predicted molar refractivity (Wildman–Crippen MR) is 139 cm³/mol. The number of nitrogens with one attached hydrogen (secondary N) is 3. The molecule has 5 rings (SSSR count). The number of hydrogen-bond acceptors (Lipinski definition) is 7. The summed E-state index contributed by atoms with van der Waals surface area (Å²) in [5.41, 5.74) is 1.22. The first kappa shape index (κ1) is 24.2.